The predicted molar refractivity (Wildman–Crippen MR) is 61.1 cm³/mol. The van der Waals surface area contributed by atoms with Crippen molar-refractivity contribution in [3.8, 4) is 0 Å². The molecule has 4 nitrogen and oxygen atoms in total. The molecule has 0 aliphatic carbocycles. The van der Waals surface area contributed by atoms with Gasteiger partial charge in [0, 0.05) is 16.5 Å². The maximum atomic E-state index is 11.0. The van der Waals surface area contributed by atoms with E-state index >= 15 is 0 Å². The van der Waals surface area contributed by atoms with Gasteiger partial charge in [-0.05, 0) is 18.6 Å². The van der Waals surface area contributed by atoms with E-state index in [2.05, 4.69) is 15.9 Å². The molecule has 0 bridgehead atoms. The first kappa shape index (κ1) is 12.9. The third-order valence-electron chi connectivity index (χ3n) is 2.09. The second-order valence-electron chi connectivity index (χ2n) is 3.43. The number of hydrogen-bond donors (Lipinski definition) is 2. The number of hydrogen-bond acceptors (Lipinski definition) is 3. The Bertz CT molecular complexity index is 428. The number of carboxylic acid groups (broad SMARTS) is 1. The summed E-state index contributed by atoms with van der Waals surface area (Å²) in [7, 11) is 0. The van der Waals surface area contributed by atoms with Gasteiger partial charge in [-0.1, -0.05) is 28.1 Å². The lowest BCUT2D eigenvalue weighted by Crippen LogP contribution is -2.14. The molecule has 0 radical (unpaired) electrons. The molecule has 1 aromatic rings. The van der Waals surface area contributed by atoms with Crippen molar-refractivity contribution >= 4 is 27.7 Å². The molecule has 0 heterocycles. The molecule has 0 aliphatic heterocycles. The lowest BCUT2D eigenvalue weighted by Gasteiger charge is -2.13. The molecule has 0 saturated carbocycles. The van der Waals surface area contributed by atoms with Crippen LogP contribution in [0.3, 0.4) is 0 Å². The van der Waals surface area contributed by atoms with Gasteiger partial charge < -0.3 is 10.2 Å². The van der Waals surface area contributed by atoms with Crippen LogP contribution >= 0.6 is 15.9 Å². The monoisotopic (exact) mass is 286 g/mol. The molecule has 0 spiro atoms. The summed E-state index contributed by atoms with van der Waals surface area (Å²) in [5, 5.41) is 18.3. The molecule has 5 heteroatoms. The Morgan fingerprint density at radius 1 is 1.44 bits per heavy atom. The fraction of sp³-hybridized carbons (Fsp3) is 0.273. The Kier molecular flexibility index (Phi) is 4.20. The molecule has 0 aromatic heterocycles. The number of carboxylic acids is 1. The first-order valence-corrected chi connectivity index (χ1v) is 5.40. The summed E-state index contributed by atoms with van der Waals surface area (Å²) in [5.74, 6) is -1.42. The van der Waals surface area contributed by atoms with E-state index in [-0.39, 0.29) is 17.8 Å². The topological polar surface area (TPSA) is 74.6 Å². The van der Waals surface area contributed by atoms with Crippen LogP contribution in [0.5, 0.6) is 0 Å². The standard InChI is InChI=1S/C11H11BrO4/c1-6(13)5-7-3-2-4-8(12)9(7)10(14)11(15)16/h2-4,10,14H,5H2,1H3,(H,15,16). The largest absolute Gasteiger partial charge is 0.479 e. The summed E-state index contributed by atoms with van der Waals surface area (Å²) in [4.78, 5) is 21.8. The average molecular weight is 287 g/mol. The second-order valence-corrected chi connectivity index (χ2v) is 4.29. The first-order valence-electron chi connectivity index (χ1n) is 4.61. The van der Waals surface area contributed by atoms with Gasteiger partial charge in [0.1, 0.15) is 5.78 Å². The molecule has 2 N–H and O–H groups in total. The van der Waals surface area contributed by atoms with Gasteiger partial charge in [-0.25, -0.2) is 4.79 Å². The van der Waals surface area contributed by atoms with Crippen LogP contribution in [0.25, 0.3) is 0 Å². The minimum absolute atomic E-state index is 0.0862. The van der Waals surface area contributed by atoms with Crippen LogP contribution in [0.1, 0.15) is 24.2 Å². The van der Waals surface area contributed by atoms with E-state index in [1.807, 2.05) is 0 Å². The van der Waals surface area contributed by atoms with Gasteiger partial charge in [0.15, 0.2) is 6.10 Å². The molecule has 1 atom stereocenters. The maximum Gasteiger partial charge on any atom is 0.337 e. The second kappa shape index (κ2) is 5.23. The van der Waals surface area contributed by atoms with Crippen LogP contribution in [0.15, 0.2) is 22.7 Å². The Morgan fingerprint density at radius 2 is 2.06 bits per heavy atom. The van der Waals surface area contributed by atoms with Gasteiger partial charge in [0.25, 0.3) is 0 Å². The zero-order chi connectivity index (χ0) is 12.3. The molecule has 16 heavy (non-hydrogen) atoms. The highest BCUT2D eigenvalue weighted by Crippen LogP contribution is 2.27. The average Bonchev–Trinajstić information content (AvgIpc) is 2.16. The number of Topliss-reactive ketones (excluding diaryl/α,β-unsaturated/α-hetero) is 1. The Labute approximate surface area is 101 Å². The highest BCUT2D eigenvalue weighted by atomic mass is 79.9. The van der Waals surface area contributed by atoms with Gasteiger partial charge in [-0.15, -0.1) is 0 Å². The Hall–Kier alpha value is -1.20. The molecule has 0 saturated heterocycles. The smallest absolute Gasteiger partial charge is 0.337 e. The minimum Gasteiger partial charge on any atom is -0.479 e. The number of aliphatic hydroxyl groups is 1. The number of aliphatic hydroxyl groups excluding tert-OH is 1. The van der Waals surface area contributed by atoms with Crippen LogP contribution in [-0.2, 0) is 16.0 Å². The zero-order valence-corrected chi connectivity index (χ0v) is 10.2. The van der Waals surface area contributed by atoms with E-state index in [0.717, 1.165) is 0 Å². The third-order valence-corrected chi connectivity index (χ3v) is 2.78. The first-order chi connectivity index (χ1) is 7.43. The summed E-state index contributed by atoms with van der Waals surface area (Å²) in [6.07, 6.45) is -1.51. The molecule has 0 fully saturated rings. The SMILES string of the molecule is CC(=O)Cc1cccc(Br)c1C(O)C(=O)O. The summed E-state index contributed by atoms with van der Waals surface area (Å²) >= 11 is 3.17. The molecule has 1 unspecified atom stereocenters. The van der Waals surface area contributed by atoms with E-state index in [1.165, 1.54) is 6.92 Å². The van der Waals surface area contributed by atoms with Gasteiger partial charge in [0.2, 0.25) is 0 Å². The van der Waals surface area contributed by atoms with Crippen molar-refractivity contribution < 1.29 is 19.8 Å². The highest BCUT2D eigenvalue weighted by molar-refractivity contribution is 9.10. The highest BCUT2D eigenvalue weighted by Gasteiger charge is 2.22. The summed E-state index contributed by atoms with van der Waals surface area (Å²) in [6, 6.07) is 4.96. The zero-order valence-electron chi connectivity index (χ0n) is 8.61. The van der Waals surface area contributed by atoms with Crippen molar-refractivity contribution in [2.24, 2.45) is 0 Å². The van der Waals surface area contributed by atoms with Crippen molar-refractivity contribution in [3.63, 3.8) is 0 Å². The molecule has 86 valence electrons. The molecular formula is C11H11BrO4. The van der Waals surface area contributed by atoms with E-state index in [4.69, 9.17) is 5.11 Å². The quantitative estimate of drug-likeness (QED) is 0.883. The number of carbonyl (C=O) groups is 2. The minimum atomic E-state index is -1.62. The van der Waals surface area contributed by atoms with Crippen LogP contribution in [0.4, 0.5) is 0 Å². The normalized spacial score (nSPS) is 12.2. The fourth-order valence-corrected chi connectivity index (χ4v) is 2.06. The van der Waals surface area contributed by atoms with E-state index in [1.54, 1.807) is 18.2 Å². The summed E-state index contributed by atoms with van der Waals surface area (Å²) in [5.41, 5.74) is 0.766. The van der Waals surface area contributed by atoms with Gasteiger partial charge >= 0.3 is 5.97 Å². The van der Waals surface area contributed by atoms with Crippen LogP contribution in [0.2, 0.25) is 0 Å². The molecule has 1 aromatic carbocycles. The number of rotatable bonds is 4. The maximum absolute atomic E-state index is 11.0. The number of ketones is 1. The molecule has 0 amide bonds. The number of carbonyl (C=O) groups excluding carboxylic acids is 1. The van der Waals surface area contributed by atoms with Crippen molar-refractivity contribution in [2.45, 2.75) is 19.4 Å². The van der Waals surface area contributed by atoms with Crippen LogP contribution < -0.4 is 0 Å². The third kappa shape index (κ3) is 2.90. The number of benzene rings is 1. The van der Waals surface area contributed by atoms with Crippen molar-refractivity contribution in [2.75, 3.05) is 0 Å². The predicted octanol–water partition coefficient (Wildman–Crippen LogP) is 1.70. The van der Waals surface area contributed by atoms with Gasteiger partial charge in [-0.3, -0.25) is 4.79 Å². The van der Waals surface area contributed by atoms with Crippen molar-refractivity contribution in [1.29, 1.82) is 0 Å². The molecule has 1 rings (SSSR count). The van der Waals surface area contributed by atoms with E-state index < -0.39 is 12.1 Å². The summed E-state index contributed by atoms with van der Waals surface area (Å²) in [6.45, 7) is 1.41. The van der Waals surface area contributed by atoms with Crippen LogP contribution in [-0.4, -0.2) is 22.0 Å². The van der Waals surface area contributed by atoms with Crippen LogP contribution in [0, 0.1) is 0 Å². The van der Waals surface area contributed by atoms with Gasteiger partial charge in [-0.2, -0.15) is 0 Å². The fourth-order valence-electron chi connectivity index (χ4n) is 1.43. The molecular weight excluding hydrogens is 276 g/mol. The number of aliphatic carboxylic acids is 1. The van der Waals surface area contributed by atoms with E-state index in [9.17, 15) is 14.7 Å². The van der Waals surface area contributed by atoms with Crippen molar-refractivity contribution in [1.82, 2.24) is 0 Å². The van der Waals surface area contributed by atoms with Gasteiger partial charge in [0.05, 0.1) is 0 Å². The van der Waals surface area contributed by atoms with Crippen molar-refractivity contribution in [3.05, 3.63) is 33.8 Å². The Morgan fingerprint density at radius 3 is 2.56 bits per heavy atom. The lowest BCUT2D eigenvalue weighted by atomic mass is 9.98. The number of halogens is 1. The molecule has 0 aliphatic rings. The lowest BCUT2D eigenvalue weighted by molar-refractivity contribution is -0.147. The Balaban J connectivity index is 3.22. The van der Waals surface area contributed by atoms with E-state index in [0.29, 0.717) is 10.0 Å². The summed E-state index contributed by atoms with van der Waals surface area (Å²) < 4.78 is 0.487.